The van der Waals surface area contributed by atoms with E-state index in [1.165, 1.54) is 10.2 Å². The number of hydrogen-bond acceptors (Lipinski definition) is 3. The monoisotopic (exact) mass is 277 g/mol. The van der Waals surface area contributed by atoms with Gasteiger partial charge in [-0.25, -0.2) is 0 Å². The summed E-state index contributed by atoms with van der Waals surface area (Å²) >= 11 is 0. The fraction of sp³-hybridized carbons (Fsp3) is 0.118. The highest BCUT2D eigenvalue weighted by atomic mass is 16.1. The molecule has 0 saturated carbocycles. The van der Waals surface area contributed by atoms with Crippen molar-refractivity contribution in [2.75, 3.05) is 0 Å². The molecule has 3 rings (SSSR count). The van der Waals surface area contributed by atoms with Crippen LogP contribution < -0.4 is 5.56 Å². The van der Waals surface area contributed by atoms with Crippen molar-refractivity contribution in [3.05, 3.63) is 76.3 Å². The van der Waals surface area contributed by atoms with Gasteiger partial charge in [-0.15, -0.1) is 0 Å². The lowest BCUT2D eigenvalue weighted by Gasteiger charge is -2.09. The van der Waals surface area contributed by atoms with Crippen molar-refractivity contribution in [2.24, 2.45) is 0 Å². The van der Waals surface area contributed by atoms with Crippen molar-refractivity contribution in [2.45, 2.75) is 13.8 Å². The second kappa shape index (κ2) is 5.32. The van der Waals surface area contributed by atoms with Crippen LogP contribution >= 0.6 is 0 Å². The van der Waals surface area contributed by atoms with E-state index in [2.05, 4.69) is 10.1 Å². The summed E-state index contributed by atoms with van der Waals surface area (Å²) in [7, 11) is 0. The number of aryl methyl sites for hydroxylation is 2. The molecule has 2 aromatic heterocycles. The van der Waals surface area contributed by atoms with Crippen LogP contribution in [0.15, 0.2) is 59.7 Å². The van der Waals surface area contributed by atoms with Crippen molar-refractivity contribution in [3.63, 3.8) is 0 Å². The average Bonchev–Trinajstić information content (AvgIpc) is 2.51. The van der Waals surface area contributed by atoms with Gasteiger partial charge in [0.25, 0.3) is 5.56 Å². The molecule has 0 unspecified atom stereocenters. The molecule has 0 aliphatic carbocycles. The third-order valence-electron chi connectivity index (χ3n) is 3.33. The predicted molar refractivity (Wildman–Crippen MR) is 82.5 cm³/mol. The number of benzene rings is 1. The van der Waals surface area contributed by atoms with Crippen LogP contribution in [-0.4, -0.2) is 14.8 Å². The normalized spacial score (nSPS) is 10.6. The molecular formula is C17H15N3O. The molecule has 0 bridgehead atoms. The maximum Gasteiger partial charge on any atom is 0.274 e. The van der Waals surface area contributed by atoms with Gasteiger partial charge in [0, 0.05) is 17.3 Å². The van der Waals surface area contributed by atoms with Crippen molar-refractivity contribution < 1.29 is 0 Å². The van der Waals surface area contributed by atoms with Crippen LogP contribution in [-0.2, 0) is 0 Å². The third-order valence-corrected chi connectivity index (χ3v) is 3.33. The quantitative estimate of drug-likeness (QED) is 0.723. The Hall–Kier alpha value is -2.75. The fourth-order valence-corrected chi connectivity index (χ4v) is 2.14. The summed E-state index contributed by atoms with van der Waals surface area (Å²) in [5.74, 6) is 0. The Balaban J connectivity index is 2.19. The Morgan fingerprint density at radius 1 is 1.05 bits per heavy atom. The molecule has 21 heavy (non-hydrogen) atoms. The summed E-state index contributed by atoms with van der Waals surface area (Å²) in [5, 5.41) is 4.47. The van der Waals surface area contributed by atoms with E-state index in [1.807, 2.05) is 43.3 Å². The molecule has 1 aromatic carbocycles. The van der Waals surface area contributed by atoms with Gasteiger partial charge in [0.15, 0.2) is 0 Å². The molecule has 2 heterocycles. The summed E-state index contributed by atoms with van der Waals surface area (Å²) in [6.07, 6.45) is 3.30. The highest BCUT2D eigenvalue weighted by molar-refractivity contribution is 5.59. The summed E-state index contributed by atoms with van der Waals surface area (Å²) in [5.41, 5.74) is 4.15. The van der Waals surface area contributed by atoms with Crippen molar-refractivity contribution >= 4 is 0 Å². The van der Waals surface area contributed by atoms with E-state index in [-0.39, 0.29) is 5.56 Å². The standard InChI is InChI=1S/C17H15N3O/c1-12-5-7-14(8-6-12)16-10-13(2)17(21)20(19-16)15-4-3-9-18-11-15/h3-11H,1-2H3. The van der Waals surface area contributed by atoms with Crippen LogP contribution in [0.3, 0.4) is 0 Å². The van der Waals surface area contributed by atoms with Crippen LogP contribution in [0.1, 0.15) is 11.1 Å². The Morgan fingerprint density at radius 2 is 1.81 bits per heavy atom. The second-order valence-corrected chi connectivity index (χ2v) is 5.01. The lowest BCUT2D eigenvalue weighted by molar-refractivity contribution is 0.798. The first kappa shape index (κ1) is 13.2. The second-order valence-electron chi connectivity index (χ2n) is 5.01. The SMILES string of the molecule is Cc1ccc(-c2cc(C)c(=O)n(-c3cccnc3)n2)cc1. The fourth-order valence-electron chi connectivity index (χ4n) is 2.14. The van der Waals surface area contributed by atoms with E-state index in [0.717, 1.165) is 11.3 Å². The largest absolute Gasteiger partial charge is 0.274 e. The topological polar surface area (TPSA) is 47.8 Å². The molecule has 3 aromatic rings. The zero-order chi connectivity index (χ0) is 14.8. The first-order valence-corrected chi connectivity index (χ1v) is 6.73. The summed E-state index contributed by atoms with van der Waals surface area (Å²) in [6.45, 7) is 3.84. The van der Waals surface area contributed by atoms with Crippen LogP contribution in [0.5, 0.6) is 0 Å². The van der Waals surface area contributed by atoms with Gasteiger partial charge in [0.1, 0.15) is 0 Å². The molecule has 4 nitrogen and oxygen atoms in total. The van der Waals surface area contributed by atoms with E-state index in [1.54, 1.807) is 25.4 Å². The first-order chi connectivity index (χ1) is 10.1. The lowest BCUT2D eigenvalue weighted by atomic mass is 10.1. The Labute approximate surface area is 122 Å². The molecule has 0 aliphatic rings. The number of aromatic nitrogens is 3. The third kappa shape index (κ3) is 2.60. The van der Waals surface area contributed by atoms with Gasteiger partial charge in [0.2, 0.25) is 0 Å². The molecule has 0 spiro atoms. The molecule has 4 heteroatoms. The maximum atomic E-state index is 12.3. The van der Waals surface area contributed by atoms with Gasteiger partial charge in [-0.3, -0.25) is 9.78 Å². The minimum absolute atomic E-state index is 0.126. The van der Waals surface area contributed by atoms with Gasteiger partial charge in [-0.05, 0) is 32.0 Å². The van der Waals surface area contributed by atoms with Gasteiger partial charge in [-0.2, -0.15) is 9.78 Å². The predicted octanol–water partition coefficient (Wildman–Crippen LogP) is 2.91. The van der Waals surface area contributed by atoms with Crippen molar-refractivity contribution in [1.82, 2.24) is 14.8 Å². The summed E-state index contributed by atoms with van der Waals surface area (Å²) in [4.78, 5) is 16.3. The van der Waals surface area contributed by atoms with E-state index in [9.17, 15) is 4.79 Å². The van der Waals surface area contributed by atoms with Crippen LogP contribution in [0.25, 0.3) is 16.9 Å². The molecule has 0 saturated heterocycles. The minimum atomic E-state index is -0.126. The molecule has 0 fully saturated rings. The molecular weight excluding hydrogens is 262 g/mol. The maximum absolute atomic E-state index is 12.3. The van der Waals surface area contributed by atoms with Crippen LogP contribution in [0.2, 0.25) is 0 Å². The van der Waals surface area contributed by atoms with Crippen molar-refractivity contribution in [3.8, 4) is 16.9 Å². The van der Waals surface area contributed by atoms with Gasteiger partial charge in [0.05, 0.1) is 17.6 Å². The number of rotatable bonds is 2. The van der Waals surface area contributed by atoms with E-state index in [0.29, 0.717) is 11.3 Å². The Kier molecular flexibility index (Phi) is 3.36. The van der Waals surface area contributed by atoms with E-state index in [4.69, 9.17) is 0 Å². The molecule has 0 N–H and O–H groups in total. The summed E-state index contributed by atoms with van der Waals surface area (Å²) < 4.78 is 1.40. The molecule has 0 radical (unpaired) electrons. The molecule has 0 atom stereocenters. The zero-order valence-electron chi connectivity index (χ0n) is 11.9. The number of pyridine rings is 1. The molecule has 0 aliphatic heterocycles. The minimum Gasteiger partial charge on any atom is -0.267 e. The highest BCUT2D eigenvalue weighted by Crippen LogP contribution is 2.17. The van der Waals surface area contributed by atoms with Crippen LogP contribution in [0, 0.1) is 13.8 Å². The smallest absolute Gasteiger partial charge is 0.267 e. The number of hydrogen-bond donors (Lipinski definition) is 0. The van der Waals surface area contributed by atoms with Gasteiger partial charge >= 0.3 is 0 Å². The Morgan fingerprint density at radius 3 is 2.48 bits per heavy atom. The van der Waals surface area contributed by atoms with Gasteiger partial charge < -0.3 is 0 Å². The molecule has 0 amide bonds. The van der Waals surface area contributed by atoms with Crippen molar-refractivity contribution in [1.29, 1.82) is 0 Å². The lowest BCUT2D eigenvalue weighted by Crippen LogP contribution is -2.23. The average molecular weight is 277 g/mol. The summed E-state index contributed by atoms with van der Waals surface area (Å²) in [6, 6.07) is 13.5. The number of nitrogens with zero attached hydrogens (tertiary/aromatic N) is 3. The Bertz CT molecular complexity index is 821. The zero-order valence-corrected chi connectivity index (χ0v) is 11.9. The first-order valence-electron chi connectivity index (χ1n) is 6.73. The van der Waals surface area contributed by atoms with E-state index >= 15 is 0 Å². The highest BCUT2D eigenvalue weighted by Gasteiger charge is 2.08. The van der Waals surface area contributed by atoms with Crippen LogP contribution in [0.4, 0.5) is 0 Å². The van der Waals surface area contributed by atoms with Gasteiger partial charge in [-0.1, -0.05) is 29.8 Å². The molecule has 104 valence electrons. The van der Waals surface area contributed by atoms with E-state index < -0.39 is 0 Å².